The van der Waals surface area contributed by atoms with E-state index in [1.165, 1.54) is 0 Å². The molecular formula is C42H44N6O4S. The number of carbonyl (C=O) groups is 1. The van der Waals surface area contributed by atoms with E-state index in [4.69, 9.17) is 23.6 Å². The van der Waals surface area contributed by atoms with Crippen LogP contribution in [-0.2, 0) is 25.9 Å². The van der Waals surface area contributed by atoms with E-state index >= 15 is 0 Å². The first kappa shape index (κ1) is 36.3. The van der Waals surface area contributed by atoms with Crippen LogP contribution in [-0.4, -0.2) is 56.1 Å². The molecule has 0 saturated carbocycles. The van der Waals surface area contributed by atoms with Gasteiger partial charge in [-0.3, -0.25) is 19.6 Å². The Balaban J connectivity index is 1.36. The summed E-state index contributed by atoms with van der Waals surface area (Å²) in [5, 5.41) is 2.88. The van der Waals surface area contributed by atoms with Crippen LogP contribution in [0.3, 0.4) is 0 Å². The van der Waals surface area contributed by atoms with E-state index in [9.17, 15) is 4.79 Å². The highest BCUT2D eigenvalue weighted by molar-refractivity contribution is 7.75. The van der Waals surface area contributed by atoms with Crippen molar-refractivity contribution >= 4 is 35.9 Å². The van der Waals surface area contributed by atoms with Gasteiger partial charge in [-0.2, -0.15) is 9.97 Å². The summed E-state index contributed by atoms with van der Waals surface area (Å²) in [6, 6.07) is 37.8. The zero-order valence-corrected chi connectivity index (χ0v) is 31.2. The highest BCUT2D eigenvalue weighted by Crippen LogP contribution is 2.45. The minimum Gasteiger partial charge on any atom is -0.471 e. The third kappa shape index (κ3) is 7.30. The van der Waals surface area contributed by atoms with Gasteiger partial charge in [0, 0.05) is 19.0 Å². The van der Waals surface area contributed by atoms with Crippen LogP contribution in [0.1, 0.15) is 53.5 Å². The van der Waals surface area contributed by atoms with Gasteiger partial charge in [0.25, 0.3) is 0 Å². The van der Waals surface area contributed by atoms with Gasteiger partial charge in [0.15, 0.2) is 11.2 Å². The monoisotopic (exact) mass is 728 g/mol. The highest BCUT2D eigenvalue weighted by atomic mass is 32.1. The molecule has 1 saturated heterocycles. The fraction of sp³-hybridized carbons (Fsp3) is 0.286. The van der Waals surface area contributed by atoms with E-state index in [1.54, 1.807) is 6.33 Å². The molecule has 3 heterocycles. The van der Waals surface area contributed by atoms with Gasteiger partial charge in [-0.15, -0.1) is 0 Å². The number of nitrogens with zero attached hydrogens (tertiary/aromatic N) is 5. The van der Waals surface area contributed by atoms with Crippen LogP contribution < -0.4 is 10.1 Å². The fourth-order valence-electron chi connectivity index (χ4n) is 7.24. The van der Waals surface area contributed by atoms with Crippen molar-refractivity contribution < 1.29 is 18.5 Å². The molecule has 1 fully saturated rings. The predicted octanol–water partition coefficient (Wildman–Crippen LogP) is 7.67. The number of benzene rings is 4. The van der Waals surface area contributed by atoms with Crippen LogP contribution in [0.25, 0.3) is 11.2 Å². The lowest BCUT2D eigenvalue weighted by Crippen LogP contribution is -2.57. The summed E-state index contributed by atoms with van der Waals surface area (Å²) in [5.41, 5.74) is 6.85. The van der Waals surface area contributed by atoms with Gasteiger partial charge in [-0.05, 0) is 60.1 Å². The molecular weight excluding hydrogens is 685 g/mol. The average Bonchev–Trinajstić information content (AvgIpc) is 3.61. The van der Waals surface area contributed by atoms with E-state index in [1.807, 2.05) is 42.7 Å². The van der Waals surface area contributed by atoms with Crippen molar-refractivity contribution in [2.24, 2.45) is 5.92 Å². The van der Waals surface area contributed by atoms with E-state index in [0.29, 0.717) is 24.3 Å². The second-order valence-electron chi connectivity index (χ2n) is 13.7. The zero-order chi connectivity index (χ0) is 37.0. The highest BCUT2D eigenvalue weighted by Gasteiger charge is 2.46. The predicted molar refractivity (Wildman–Crippen MR) is 209 cm³/mol. The molecule has 2 aromatic heterocycles. The number of anilines is 1. The maximum Gasteiger partial charge on any atom is 0.247 e. The molecule has 0 bridgehead atoms. The lowest BCUT2D eigenvalue weighted by atomic mass is 9.75. The van der Waals surface area contributed by atoms with E-state index in [2.05, 4.69) is 127 Å². The number of hydrogen-bond acceptors (Lipinski definition) is 9. The van der Waals surface area contributed by atoms with Crippen molar-refractivity contribution in [3.8, 4) is 5.88 Å². The summed E-state index contributed by atoms with van der Waals surface area (Å²) in [4.78, 5) is 29.7. The largest absolute Gasteiger partial charge is 0.471 e. The first-order valence-electron chi connectivity index (χ1n) is 17.9. The summed E-state index contributed by atoms with van der Waals surface area (Å²) in [6.07, 6.45) is 0.759. The standard InChI is InChI=1S/C42H44N6O4S/c1-28(2)39(49)45-41-44-38-37(40(46-41)50-26-35-29(3)15-14-16-30(35)4)43-27-48(38)36-24-47(23-34(52-36)25-51-53)42(31-17-8-5-9-18-31,32-19-10-6-11-20-32)33-21-12-7-13-22-33/h5-22,27-28,34,36,53H,23-26H2,1-4H3,(H,44,45,46,49). The van der Waals surface area contributed by atoms with Crippen molar-refractivity contribution in [1.82, 2.24) is 24.4 Å². The molecule has 272 valence electrons. The Morgan fingerprint density at radius 3 is 2.00 bits per heavy atom. The van der Waals surface area contributed by atoms with Gasteiger partial charge < -0.3 is 13.7 Å². The number of morpholine rings is 1. The number of ether oxygens (including phenoxy) is 2. The van der Waals surface area contributed by atoms with Crippen LogP contribution >= 0.6 is 12.9 Å². The number of hydrogen-bond donors (Lipinski definition) is 2. The van der Waals surface area contributed by atoms with E-state index in [0.717, 1.165) is 33.4 Å². The number of carbonyl (C=O) groups excluding carboxylic acids is 1. The van der Waals surface area contributed by atoms with Gasteiger partial charge in [-0.1, -0.05) is 123 Å². The van der Waals surface area contributed by atoms with Crippen molar-refractivity contribution in [1.29, 1.82) is 0 Å². The maximum atomic E-state index is 12.9. The number of fused-ring (bicyclic) bond motifs is 1. The van der Waals surface area contributed by atoms with Gasteiger partial charge in [0.2, 0.25) is 17.7 Å². The van der Waals surface area contributed by atoms with Crippen molar-refractivity contribution in [2.45, 2.75) is 52.2 Å². The minimum atomic E-state index is -0.706. The van der Waals surface area contributed by atoms with E-state index < -0.39 is 11.8 Å². The molecule has 2 unspecified atom stereocenters. The summed E-state index contributed by atoms with van der Waals surface area (Å²) in [5.74, 6) is -0.0896. The molecule has 7 rings (SSSR count). The molecule has 53 heavy (non-hydrogen) atoms. The lowest BCUT2D eigenvalue weighted by Gasteiger charge is -2.50. The fourth-order valence-corrected chi connectivity index (χ4v) is 7.40. The first-order valence-corrected chi connectivity index (χ1v) is 18.2. The molecule has 2 atom stereocenters. The summed E-state index contributed by atoms with van der Waals surface area (Å²) >= 11 is 4.15. The molecule has 1 aliphatic rings. The molecule has 6 aromatic rings. The third-order valence-corrected chi connectivity index (χ3v) is 10.1. The Morgan fingerprint density at radius 2 is 1.45 bits per heavy atom. The summed E-state index contributed by atoms with van der Waals surface area (Å²) in [6.45, 7) is 9.26. The second kappa shape index (κ2) is 15.9. The number of amides is 1. The van der Waals surface area contributed by atoms with Crippen LogP contribution in [0.5, 0.6) is 5.88 Å². The zero-order valence-electron chi connectivity index (χ0n) is 30.3. The number of rotatable bonds is 12. The molecule has 0 aliphatic carbocycles. The van der Waals surface area contributed by atoms with Crippen molar-refractivity contribution in [3.63, 3.8) is 0 Å². The normalized spacial score (nSPS) is 16.6. The number of aromatic nitrogens is 4. The van der Waals surface area contributed by atoms with Crippen LogP contribution in [0.4, 0.5) is 5.95 Å². The number of thiol groups is 1. The summed E-state index contributed by atoms with van der Waals surface area (Å²) in [7, 11) is 0. The van der Waals surface area contributed by atoms with Crippen molar-refractivity contribution in [2.75, 3.05) is 25.0 Å². The molecule has 10 nitrogen and oxygen atoms in total. The quantitative estimate of drug-likeness (QED) is 0.0752. The molecule has 0 radical (unpaired) electrons. The topological polar surface area (TPSA) is 104 Å². The molecule has 1 N–H and O–H groups in total. The van der Waals surface area contributed by atoms with Gasteiger partial charge in [-0.25, -0.2) is 4.98 Å². The Hall–Kier alpha value is -5.07. The molecule has 11 heteroatoms. The molecule has 0 spiro atoms. The summed E-state index contributed by atoms with van der Waals surface area (Å²) < 4.78 is 20.5. The number of aryl methyl sites for hydroxylation is 2. The van der Waals surface area contributed by atoms with Gasteiger partial charge >= 0.3 is 0 Å². The van der Waals surface area contributed by atoms with Gasteiger partial charge in [0.1, 0.15) is 12.8 Å². The Kier molecular flexibility index (Phi) is 10.9. The maximum absolute atomic E-state index is 12.9. The number of imidazole rings is 1. The van der Waals surface area contributed by atoms with Crippen molar-refractivity contribution in [3.05, 3.63) is 149 Å². The van der Waals surface area contributed by atoms with E-state index in [-0.39, 0.29) is 43.0 Å². The number of nitrogens with one attached hydrogen (secondary N) is 1. The Bertz CT molecular complexity index is 2050. The third-order valence-electron chi connectivity index (χ3n) is 9.92. The Morgan fingerprint density at radius 1 is 0.868 bits per heavy atom. The minimum absolute atomic E-state index is 0.129. The lowest BCUT2D eigenvalue weighted by molar-refractivity contribution is -0.144. The average molecular weight is 729 g/mol. The van der Waals surface area contributed by atoms with Crippen LogP contribution in [0.2, 0.25) is 0 Å². The second-order valence-corrected chi connectivity index (χ2v) is 14.0. The molecule has 1 aliphatic heterocycles. The van der Waals surface area contributed by atoms with Crippen LogP contribution in [0, 0.1) is 19.8 Å². The van der Waals surface area contributed by atoms with Gasteiger partial charge in [0.05, 0.1) is 24.6 Å². The molecule has 1 amide bonds. The SMILES string of the molecule is Cc1cccc(C)c1COc1nc(NC(=O)C(C)C)nc2c1ncn2C1CN(C(c2ccccc2)(c2ccccc2)c2ccccc2)CC(COS)O1. The molecule has 4 aromatic carbocycles. The first-order chi connectivity index (χ1) is 25.8. The van der Waals surface area contributed by atoms with Crippen LogP contribution in [0.15, 0.2) is 116 Å². The smallest absolute Gasteiger partial charge is 0.247 e. The Labute approximate surface area is 315 Å².